The highest BCUT2D eigenvalue weighted by atomic mass is 16.7. The van der Waals surface area contributed by atoms with Crippen LogP contribution in [0.25, 0.3) is 0 Å². The second kappa shape index (κ2) is 6.15. The molecule has 0 aromatic rings. The summed E-state index contributed by atoms with van der Waals surface area (Å²) in [4.78, 5) is 0. The summed E-state index contributed by atoms with van der Waals surface area (Å²) in [6, 6.07) is 0. The lowest BCUT2D eigenvalue weighted by atomic mass is 10.2. The van der Waals surface area contributed by atoms with Crippen molar-refractivity contribution < 1.29 is 40.1 Å². The first-order chi connectivity index (χ1) is 8.01. The van der Waals surface area contributed by atoms with Crippen LogP contribution >= 0.6 is 0 Å². The fourth-order valence-electron chi connectivity index (χ4n) is 1.29. The molecule has 0 aromatic carbocycles. The van der Waals surface area contributed by atoms with E-state index in [1.807, 2.05) is 0 Å². The van der Waals surface area contributed by atoms with E-state index in [4.69, 9.17) is 24.8 Å². The maximum atomic E-state index is 9.40. The molecule has 0 radical (unpaired) electrons. The second-order valence-electron chi connectivity index (χ2n) is 3.56. The van der Waals surface area contributed by atoms with E-state index in [-0.39, 0.29) is 12.4 Å². The van der Waals surface area contributed by atoms with Gasteiger partial charge in [-0.1, -0.05) is 0 Å². The van der Waals surface area contributed by atoms with Crippen LogP contribution in [0.3, 0.4) is 0 Å². The number of rotatable bonds is 6. The average molecular weight is 252 g/mol. The zero-order valence-electron chi connectivity index (χ0n) is 8.93. The maximum Gasteiger partial charge on any atom is 0.218 e. The van der Waals surface area contributed by atoms with Crippen molar-refractivity contribution in [2.24, 2.45) is 0 Å². The summed E-state index contributed by atoms with van der Waals surface area (Å²) in [7, 11) is 0. The van der Waals surface area contributed by atoms with Gasteiger partial charge in [0.2, 0.25) is 6.29 Å². The highest BCUT2D eigenvalue weighted by Crippen LogP contribution is 2.27. The molecule has 1 rings (SSSR count). The smallest absolute Gasteiger partial charge is 0.218 e. The Balaban J connectivity index is 2.69. The van der Waals surface area contributed by atoms with Crippen molar-refractivity contribution in [1.29, 1.82) is 0 Å². The Kier molecular flexibility index (Phi) is 5.12. The van der Waals surface area contributed by atoms with Crippen molar-refractivity contribution in [1.82, 2.24) is 0 Å². The van der Waals surface area contributed by atoms with Crippen molar-refractivity contribution in [3.05, 3.63) is 11.5 Å². The Morgan fingerprint density at radius 1 is 1.24 bits per heavy atom. The molecular weight excluding hydrogens is 236 g/mol. The van der Waals surface area contributed by atoms with Crippen LogP contribution in [0.1, 0.15) is 0 Å². The molecule has 0 amide bonds. The third kappa shape index (κ3) is 3.28. The van der Waals surface area contributed by atoms with E-state index in [0.717, 1.165) is 0 Å². The molecule has 0 saturated carbocycles. The summed E-state index contributed by atoms with van der Waals surface area (Å²) in [6.07, 6.45) is -5.42. The van der Waals surface area contributed by atoms with Crippen LogP contribution < -0.4 is 0 Å². The summed E-state index contributed by atoms with van der Waals surface area (Å²) in [6.45, 7) is -1.54. The third-order valence-electron chi connectivity index (χ3n) is 2.20. The number of hydrogen-bond donors (Lipinski definition) is 6. The van der Waals surface area contributed by atoms with Crippen molar-refractivity contribution in [2.75, 3.05) is 19.8 Å². The quantitative estimate of drug-likeness (QED) is 0.298. The molecule has 100 valence electrons. The first kappa shape index (κ1) is 14.2. The minimum Gasteiger partial charge on any atom is -0.505 e. The van der Waals surface area contributed by atoms with Gasteiger partial charge >= 0.3 is 0 Å². The number of ether oxygens (including phenoxy) is 2. The average Bonchev–Trinajstić information content (AvgIpc) is 2.62. The van der Waals surface area contributed by atoms with E-state index < -0.39 is 43.6 Å². The highest BCUT2D eigenvalue weighted by Gasteiger charge is 2.39. The van der Waals surface area contributed by atoms with Gasteiger partial charge in [-0.05, 0) is 0 Å². The van der Waals surface area contributed by atoms with Gasteiger partial charge in [0, 0.05) is 0 Å². The maximum absolute atomic E-state index is 9.40. The second-order valence-corrected chi connectivity index (χ2v) is 3.56. The largest absolute Gasteiger partial charge is 0.505 e. The molecule has 0 aromatic heterocycles. The summed E-state index contributed by atoms with van der Waals surface area (Å²) >= 11 is 0. The lowest BCUT2D eigenvalue weighted by Gasteiger charge is -2.19. The van der Waals surface area contributed by atoms with Gasteiger partial charge in [-0.25, -0.2) is 0 Å². The molecule has 0 fully saturated rings. The normalized spacial score (nSPS) is 28.3. The fraction of sp³-hybridized carbons (Fsp3) is 0.778. The molecule has 4 atom stereocenters. The molecular formula is C9H16O8. The molecule has 4 unspecified atom stereocenters. The van der Waals surface area contributed by atoms with Gasteiger partial charge in [-0.3, -0.25) is 0 Å². The SMILES string of the molecule is OCC(O)COC1=C(O)C(O)OC1C(O)CO. The Labute approximate surface area is 97.0 Å². The van der Waals surface area contributed by atoms with Gasteiger partial charge in [0.05, 0.1) is 13.2 Å². The Morgan fingerprint density at radius 3 is 2.41 bits per heavy atom. The Hall–Kier alpha value is -0.900. The molecule has 0 aliphatic carbocycles. The lowest BCUT2D eigenvalue weighted by molar-refractivity contribution is -0.137. The standard InChI is InChI=1S/C9H16O8/c10-1-4(12)3-16-8-6(14)9(15)17-7(8)5(13)2-11/h4-5,7,9-15H,1-3H2. The zero-order chi connectivity index (χ0) is 13.0. The van der Waals surface area contributed by atoms with Crippen molar-refractivity contribution in [2.45, 2.75) is 24.6 Å². The molecule has 17 heavy (non-hydrogen) atoms. The minimum atomic E-state index is -1.65. The monoisotopic (exact) mass is 252 g/mol. The summed E-state index contributed by atoms with van der Waals surface area (Å²) in [5, 5.41) is 54.3. The fourth-order valence-corrected chi connectivity index (χ4v) is 1.29. The minimum absolute atomic E-state index is 0.272. The molecule has 8 heteroatoms. The molecule has 1 aliphatic rings. The summed E-state index contributed by atoms with van der Waals surface area (Å²) in [5.74, 6) is -0.904. The lowest BCUT2D eigenvalue weighted by Crippen LogP contribution is -2.34. The topological polar surface area (TPSA) is 140 Å². The molecule has 0 bridgehead atoms. The van der Waals surface area contributed by atoms with E-state index in [1.54, 1.807) is 0 Å². The predicted molar refractivity (Wildman–Crippen MR) is 52.7 cm³/mol. The predicted octanol–water partition coefficient (Wildman–Crippen LogP) is -2.80. The van der Waals surface area contributed by atoms with Crippen LogP contribution in [-0.2, 0) is 9.47 Å². The van der Waals surface area contributed by atoms with Crippen LogP contribution in [0, 0.1) is 0 Å². The zero-order valence-corrected chi connectivity index (χ0v) is 8.93. The van der Waals surface area contributed by atoms with E-state index in [1.165, 1.54) is 0 Å². The Bertz CT molecular complexity index is 278. The molecule has 1 heterocycles. The van der Waals surface area contributed by atoms with Gasteiger partial charge in [-0.15, -0.1) is 0 Å². The van der Waals surface area contributed by atoms with E-state index in [0.29, 0.717) is 0 Å². The van der Waals surface area contributed by atoms with Crippen molar-refractivity contribution in [3.63, 3.8) is 0 Å². The van der Waals surface area contributed by atoms with Crippen LogP contribution in [0.2, 0.25) is 0 Å². The summed E-state index contributed by atoms with van der Waals surface area (Å²) < 4.78 is 9.69. The summed E-state index contributed by atoms with van der Waals surface area (Å²) in [5.41, 5.74) is 0. The van der Waals surface area contributed by atoms with Crippen molar-refractivity contribution in [3.8, 4) is 0 Å². The number of hydrogen-bond acceptors (Lipinski definition) is 8. The van der Waals surface area contributed by atoms with Crippen molar-refractivity contribution >= 4 is 0 Å². The van der Waals surface area contributed by atoms with Gasteiger partial charge in [-0.2, -0.15) is 0 Å². The van der Waals surface area contributed by atoms with Gasteiger partial charge < -0.3 is 40.1 Å². The van der Waals surface area contributed by atoms with E-state index >= 15 is 0 Å². The first-order valence-electron chi connectivity index (χ1n) is 4.98. The molecule has 1 aliphatic heterocycles. The third-order valence-corrected chi connectivity index (χ3v) is 2.20. The van der Waals surface area contributed by atoms with Gasteiger partial charge in [0.25, 0.3) is 0 Å². The molecule has 0 spiro atoms. The molecule has 6 N–H and O–H groups in total. The number of aliphatic hydroxyl groups is 6. The first-order valence-corrected chi connectivity index (χ1v) is 4.98. The Morgan fingerprint density at radius 2 is 1.88 bits per heavy atom. The van der Waals surface area contributed by atoms with E-state index in [9.17, 15) is 15.3 Å². The van der Waals surface area contributed by atoms with Crippen LogP contribution in [0.4, 0.5) is 0 Å². The van der Waals surface area contributed by atoms with Crippen LogP contribution in [0.15, 0.2) is 11.5 Å². The van der Waals surface area contributed by atoms with Crippen LogP contribution in [0.5, 0.6) is 0 Å². The van der Waals surface area contributed by atoms with Crippen LogP contribution in [-0.4, -0.2) is 75.1 Å². The van der Waals surface area contributed by atoms with Gasteiger partial charge in [0.1, 0.15) is 24.9 Å². The van der Waals surface area contributed by atoms with Gasteiger partial charge in [0.15, 0.2) is 11.5 Å². The molecule has 0 saturated heterocycles. The van der Waals surface area contributed by atoms with E-state index in [2.05, 4.69) is 0 Å². The molecule has 8 nitrogen and oxygen atoms in total. The number of aliphatic hydroxyl groups excluding tert-OH is 6. The highest BCUT2D eigenvalue weighted by molar-refractivity contribution is 5.15.